The Morgan fingerprint density at radius 1 is 1.41 bits per heavy atom. The van der Waals surface area contributed by atoms with Gasteiger partial charge < -0.3 is 15.2 Å². The number of ether oxygens (including phenoxy) is 1. The highest BCUT2D eigenvalue weighted by Gasteiger charge is 2.16. The summed E-state index contributed by atoms with van der Waals surface area (Å²) in [6, 6.07) is 0. The number of nitrogens with one attached hydrogen (secondary N) is 1. The van der Waals surface area contributed by atoms with Gasteiger partial charge >= 0.3 is 5.97 Å². The van der Waals surface area contributed by atoms with Crippen LogP contribution in [0.3, 0.4) is 0 Å². The summed E-state index contributed by atoms with van der Waals surface area (Å²) in [7, 11) is 1.43. The van der Waals surface area contributed by atoms with E-state index < -0.39 is 12.1 Å². The summed E-state index contributed by atoms with van der Waals surface area (Å²) in [5.41, 5.74) is 0. The number of carbonyl (C=O) groups excluding carboxylic acids is 1. The third-order valence-electron chi connectivity index (χ3n) is 1.90. The van der Waals surface area contributed by atoms with Crippen LogP contribution in [0.25, 0.3) is 0 Å². The Morgan fingerprint density at radius 3 is 2.41 bits per heavy atom. The Hall–Kier alpha value is -0.750. The second-order valence-corrected chi connectivity index (χ2v) is 6.46. The number of hydrogen-bond donors (Lipinski definition) is 2. The molecule has 0 radical (unpaired) electrons. The molecular formula is C11H21NO4S. The summed E-state index contributed by atoms with van der Waals surface area (Å²) in [6.45, 7) is 6.33. The molecule has 2 N–H and O–H groups in total. The molecular weight excluding hydrogens is 242 g/mol. The molecule has 5 nitrogen and oxygen atoms in total. The molecule has 0 aromatic heterocycles. The lowest BCUT2D eigenvalue weighted by molar-refractivity contribution is -0.140. The van der Waals surface area contributed by atoms with Crippen molar-refractivity contribution in [3.63, 3.8) is 0 Å². The molecule has 0 aliphatic heterocycles. The van der Waals surface area contributed by atoms with Crippen molar-refractivity contribution in [2.75, 3.05) is 19.4 Å². The van der Waals surface area contributed by atoms with Crippen molar-refractivity contribution in [3.05, 3.63) is 0 Å². The quantitative estimate of drug-likeness (QED) is 0.720. The fourth-order valence-corrected chi connectivity index (χ4v) is 1.66. The highest BCUT2D eigenvalue weighted by atomic mass is 32.2. The van der Waals surface area contributed by atoms with Crippen LogP contribution in [0.4, 0.5) is 0 Å². The molecule has 0 aromatic rings. The van der Waals surface area contributed by atoms with E-state index in [9.17, 15) is 9.59 Å². The summed E-state index contributed by atoms with van der Waals surface area (Å²) in [5.74, 6) is -0.667. The van der Waals surface area contributed by atoms with Crippen LogP contribution < -0.4 is 5.32 Å². The molecule has 0 saturated heterocycles. The van der Waals surface area contributed by atoms with Crippen molar-refractivity contribution in [2.45, 2.75) is 38.0 Å². The number of aliphatic carboxylic acids is 1. The number of carboxylic acid groups (broad SMARTS) is 1. The molecule has 0 spiro atoms. The summed E-state index contributed by atoms with van der Waals surface area (Å²) in [6.07, 6.45) is -0.584. The highest BCUT2D eigenvalue weighted by Crippen LogP contribution is 2.22. The lowest BCUT2D eigenvalue weighted by Gasteiger charge is -2.18. The zero-order valence-corrected chi connectivity index (χ0v) is 11.6. The number of amides is 1. The SMILES string of the molecule is COC(CNC(=O)CSC(C)(C)C)CC(=O)O. The molecule has 0 bridgehead atoms. The minimum absolute atomic E-state index is 0.0407. The van der Waals surface area contributed by atoms with E-state index in [1.807, 2.05) is 20.8 Å². The van der Waals surface area contributed by atoms with E-state index in [-0.39, 0.29) is 23.6 Å². The van der Waals surface area contributed by atoms with Gasteiger partial charge in [-0.15, -0.1) is 11.8 Å². The fraction of sp³-hybridized carbons (Fsp3) is 0.818. The second-order valence-electron chi connectivity index (χ2n) is 4.66. The number of carbonyl (C=O) groups is 2. The maximum atomic E-state index is 11.5. The molecule has 0 aliphatic rings. The minimum atomic E-state index is -0.935. The van der Waals surface area contributed by atoms with E-state index in [2.05, 4.69) is 5.32 Å². The number of hydrogen-bond acceptors (Lipinski definition) is 4. The van der Waals surface area contributed by atoms with Crippen LogP contribution in [-0.2, 0) is 14.3 Å². The largest absolute Gasteiger partial charge is 0.481 e. The smallest absolute Gasteiger partial charge is 0.306 e. The maximum absolute atomic E-state index is 11.5. The molecule has 0 fully saturated rings. The fourth-order valence-electron chi connectivity index (χ4n) is 0.994. The van der Waals surface area contributed by atoms with E-state index in [1.165, 1.54) is 7.11 Å². The number of carboxylic acids is 1. The summed E-state index contributed by atoms with van der Waals surface area (Å²) in [5, 5.41) is 11.3. The predicted octanol–water partition coefficient (Wildman–Crippen LogP) is 1.12. The second kappa shape index (κ2) is 7.55. The molecule has 0 heterocycles. The van der Waals surface area contributed by atoms with Crippen LogP contribution in [0, 0.1) is 0 Å². The van der Waals surface area contributed by atoms with Crippen molar-refractivity contribution >= 4 is 23.6 Å². The lowest BCUT2D eigenvalue weighted by atomic mass is 10.2. The first-order valence-electron chi connectivity index (χ1n) is 5.40. The number of methoxy groups -OCH3 is 1. The maximum Gasteiger partial charge on any atom is 0.306 e. The first kappa shape index (κ1) is 16.2. The van der Waals surface area contributed by atoms with E-state index in [1.54, 1.807) is 11.8 Å². The minimum Gasteiger partial charge on any atom is -0.481 e. The van der Waals surface area contributed by atoms with Gasteiger partial charge in [-0.05, 0) is 0 Å². The molecule has 0 rings (SSSR count). The van der Waals surface area contributed by atoms with Gasteiger partial charge in [0.1, 0.15) is 0 Å². The van der Waals surface area contributed by atoms with Gasteiger partial charge in [0.2, 0.25) is 5.91 Å². The van der Waals surface area contributed by atoms with Crippen molar-refractivity contribution < 1.29 is 19.4 Å². The van der Waals surface area contributed by atoms with Gasteiger partial charge in [0.15, 0.2) is 0 Å². The zero-order valence-electron chi connectivity index (χ0n) is 10.8. The molecule has 0 aromatic carbocycles. The Kier molecular flexibility index (Phi) is 7.22. The summed E-state index contributed by atoms with van der Waals surface area (Å²) >= 11 is 1.55. The van der Waals surface area contributed by atoms with E-state index in [0.29, 0.717) is 5.75 Å². The Balaban J connectivity index is 3.85. The number of rotatable bonds is 7. The first-order valence-corrected chi connectivity index (χ1v) is 6.38. The van der Waals surface area contributed by atoms with Crippen LogP contribution in [0.1, 0.15) is 27.2 Å². The Labute approximate surface area is 106 Å². The average molecular weight is 263 g/mol. The third-order valence-corrected chi connectivity index (χ3v) is 3.17. The molecule has 1 unspecified atom stereocenters. The third kappa shape index (κ3) is 10.1. The van der Waals surface area contributed by atoms with E-state index >= 15 is 0 Å². The van der Waals surface area contributed by atoms with Gasteiger partial charge in [-0.25, -0.2) is 0 Å². The molecule has 1 amide bonds. The molecule has 6 heteroatoms. The van der Waals surface area contributed by atoms with E-state index in [4.69, 9.17) is 9.84 Å². The normalized spacial score (nSPS) is 13.2. The van der Waals surface area contributed by atoms with Crippen molar-refractivity contribution in [1.82, 2.24) is 5.32 Å². The standard InChI is InChI=1S/C11H21NO4S/c1-11(2,3)17-7-9(13)12-6-8(16-4)5-10(14)15/h8H,5-7H2,1-4H3,(H,12,13)(H,14,15). The van der Waals surface area contributed by atoms with Crippen LogP contribution in [-0.4, -0.2) is 47.2 Å². The number of thioether (sulfide) groups is 1. The van der Waals surface area contributed by atoms with Crippen LogP contribution in [0.2, 0.25) is 0 Å². The first-order chi connectivity index (χ1) is 7.74. The van der Waals surface area contributed by atoms with Gasteiger partial charge in [0, 0.05) is 18.4 Å². The van der Waals surface area contributed by atoms with Gasteiger partial charge in [0.25, 0.3) is 0 Å². The van der Waals surface area contributed by atoms with Crippen molar-refractivity contribution in [1.29, 1.82) is 0 Å². The molecule has 17 heavy (non-hydrogen) atoms. The van der Waals surface area contributed by atoms with Crippen molar-refractivity contribution in [3.8, 4) is 0 Å². The van der Waals surface area contributed by atoms with Gasteiger partial charge in [-0.3, -0.25) is 9.59 Å². The monoisotopic (exact) mass is 263 g/mol. The predicted molar refractivity (Wildman–Crippen MR) is 68.3 cm³/mol. The van der Waals surface area contributed by atoms with Gasteiger partial charge in [-0.1, -0.05) is 20.8 Å². The van der Waals surface area contributed by atoms with Crippen molar-refractivity contribution in [2.24, 2.45) is 0 Å². The Morgan fingerprint density at radius 2 is 2.00 bits per heavy atom. The van der Waals surface area contributed by atoms with Crippen LogP contribution in [0.5, 0.6) is 0 Å². The van der Waals surface area contributed by atoms with Crippen LogP contribution >= 0.6 is 11.8 Å². The molecule has 1 atom stereocenters. The summed E-state index contributed by atoms with van der Waals surface area (Å²) < 4.78 is 5.00. The molecule has 0 aliphatic carbocycles. The summed E-state index contributed by atoms with van der Waals surface area (Å²) in [4.78, 5) is 21.9. The Bertz CT molecular complexity index is 263. The molecule has 0 saturated carbocycles. The molecule has 100 valence electrons. The van der Waals surface area contributed by atoms with E-state index in [0.717, 1.165) is 0 Å². The van der Waals surface area contributed by atoms with Gasteiger partial charge in [0.05, 0.1) is 18.3 Å². The zero-order chi connectivity index (χ0) is 13.5. The average Bonchev–Trinajstić information content (AvgIpc) is 2.19. The lowest BCUT2D eigenvalue weighted by Crippen LogP contribution is -2.36. The van der Waals surface area contributed by atoms with Gasteiger partial charge in [-0.2, -0.15) is 0 Å². The van der Waals surface area contributed by atoms with Crippen LogP contribution in [0.15, 0.2) is 0 Å². The topological polar surface area (TPSA) is 75.6 Å². The highest BCUT2D eigenvalue weighted by molar-refractivity contribution is 8.01.